The Balaban J connectivity index is 1.85. The molecule has 7 nitrogen and oxygen atoms in total. The molecule has 0 amide bonds. The van der Waals surface area contributed by atoms with Gasteiger partial charge in [-0.3, -0.25) is 4.68 Å². The summed E-state index contributed by atoms with van der Waals surface area (Å²) in [5.74, 6) is 2.43. The Kier molecular flexibility index (Phi) is 11.0. The number of aliphatic hydroxyl groups excluding tert-OH is 1. The van der Waals surface area contributed by atoms with Gasteiger partial charge in [0, 0.05) is 23.2 Å². The fourth-order valence-corrected chi connectivity index (χ4v) is 11.9. The Hall–Kier alpha value is -3.75. The molecule has 0 fully saturated rings. The second-order valence-electron chi connectivity index (χ2n) is 12.8. The molecule has 242 valence electrons. The van der Waals surface area contributed by atoms with E-state index in [-0.39, 0.29) is 6.04 Å². The van der Waals surface area contributed by atoms with Gasteiger partial charge in [-0.1, -0.05) is 71.9 Å². The van der Waals surface area contributed by atoms with Crippen LogP contribution in [0.25, 0.3) is 11.3 Å². The molecule has 1 aromatic heterocycles. The van der Waals surface area contributed by atoms with Gasteiger partial charge in [0.25, 0.3) is 8.32 Å². The van der Waals surface area contributed by atoms with Crippen LogP contribution >= 0.6 is 0 Å². The summed E-state index contributed by atoms with van der Waals surface area (Å²) in [5.41, 5.74) is 5.13. The third-order valence-corrected chi connectivity index (χ3v) is 14.8. The number of methoxy groups -OCH3 is 2. The Morgan fingerprint density at radius 3 is 1.89 bits per heavy atom. The zero-order valence-corrected chi connectivity index (χ0v) is 29.5. The first-order chi connectivity index (χ1) is 21.4. The molecule has 45 heavy (non-hydrogen) atoms. The van der Waals surface area contributed by atoms with Gasteiger partial charge >= 0.3 is 0 Å². The highest BCUT2D eigenvalue weighted by atomic mass is 28.4. The zero-order chi connectivity index (χ0) is 32.9. The summed E-state index contributed by atoms with van der Waals surface area (Å²) in [6.07, 6.45) is -1.09. The maximum atomic E-state index is 12.2. The number of aromatic nitrogens is 2. The van der Waals surface area contributed by atoms with Crippen molar-refractivity contribution in [1.29, 1.82) is 0 Å². The van der Waals surface area contributed by atoms with Gasteiger partial charge in [-0.05, 0) is 72.4 Å². The Morgan fingerprint density at radius 2 is 1.36 bits per heavy atom. The first-order valence-electron chi connectivity index (χ1n) is 15.9. The third-order valence-electron chi connectivity index (χ3n) is 8.76. The highest BCUT2D eigenvalue weighted by Gasteiger charge is 2.47. The second-order valence-corrected chi connectivity index (χ2v) is 18.2. The monoisotopic (exact) mass is 630 g/mol. The van der Waals surface area contributed by atoms with E-state index in [1.807, 2.05) is 77.5 Å². The zero-order valence-electron chi connectivity index (χ0n) is 28.5. The first kappa shape index (κ1) is 34.1. The van der Waals surface area contributed by atoms with Crippen LogP contribution in [-0.2, 0) is 6.61 Å². The average molecular weight is 631 g/mol. The summed E-state index contributed by atoms with van der Waals surface area (Å²) in [4.78, 5) is 0. The van der Waals surface area contributed by atoms with Crippen LogP contribution in [0.3, 0.4) is 0 Å². The van der Waals surface area contributed by atoms with E-state index >= 15 is 0 Å². The largest absolute Gasteiger partial charge is 0.543 e. The number of ether oxygens (including phenoxy) is 3. The van der Waals surface area contributed by atoms with Crippen molar-refractivity contribution in [2.75, 3.05) is 14.2 Å². The van der Waals surface area contributed by atoms with Crippen molar-refractivity contribution in [3.8, 4) is 34.4 Å². The summed E-state index contributed by atoms with van der Waals surface area (Å²) in [7, 11) is 1.08. The van der Waals surface area contributed by atoms with E-state index in [0.29, 0.717) is 46.0 Å². The first-order valence-corrected chi connectivity index (χ1v) is 18.1. The minimum absolute atomic E-state index is 0.000908. The Morgan fingerprint density at radius 1 is 0.756 bits per heavy atom. The van der Waals surface area contributed by atoms with Crippen LogP contribution in [0.4, 0.5) is 0 Å². The third kappa shape index (κ3) is 7.07. The van der Waals surface area contributed by atoms with Crippen molar-refractivity contribution in [3.63, 3.8) is 0 Å². The Labute approximate surface area is 270 Å². The van der Waals surface area contributed by atoms with E-state index in [4.69, 9.17) is 23.7 Å². The van der Waals surface area contributed by atoms with E-state index in [1.54, 1.807) is 14.2 Å². The predicted octanol–water partition coefficient (Wildman–Crippen LogP) is 9.36. The number of nitrogens with zero attached hydrogens (tertiary/aromatic N) is 2. The molecule has 8 heteroatoms. The van der Waals surface area contributed by atoms with E-state index in [9.17, 15) is 5.11 Å². The fourth-order valence-electron chi connectivity index (χ4n) is 6.61. The normalized spacial score (nSPS) is 12.7. The molecule has 0 aliphatic rings. The molecule has 0 spiro atoms. The lowest BCUT2D eigenvalue weighted by molar-refractivity contribution is 0.204. The van der Waals surface area contributed by atoms with E-state index in [1.165, 1.54) is 0 Å². The van der Waals surface area contributed by atoms with Crippen molar-refractivity contribution in [1.82, 2.24) is 9.78 Å². The summed E-state index contributed by atoms with van der Waals surface area (Å²) in [6, 6.07) is 23.5. The molecule has 1 N–H and O–H groups in total. The molecule has 1 heterocycles. The molecule has 1 atom stereocenters. The van der Waals surface area contributed by atoms with Gasteiger partial charge in [0.2, 0.25) is 5.88 Å². The lowest BCUT2D eigenvalue weighted by atomic mass is 9.97. The molecule has 0 aliphatic carbocycles. The molecule has 0 bridgehead atoms. The van der Waals surface area contributed by atoms with Crippen molar-refractivity contribution in [2.24, 2.45) is 0 Å². The van der Waals surface area contributed by atoms with Crippen LogP contribution in [0.5, 0.6) is 23.1 Å². The molecular weight excluding hydrogens is 581 g/mol. The minimum Gasteiger partial charge on any atom is -0.543 e. The summed E-state index contributed by atoms with van der Waals surface area (Å²) >= 11 is 0. The van der Waals surface area contributed by atoms with Gasteiger partial charge in [0.05, 0.1) is 25.5 Å². The van der Waals surface area contributed by atoms with Crippen LogP contribution in [-0.4, -0.2) is 37.4 Å². The highest BCUT2D eigenvalue weighted by Crippen LogP contribution is 2.46. The number of hydrogen-bond donors (Lipinski definition) is 1. The Bertz CT molecular complexity index is 1510. The maximum absolute atomic E-state index is 12.2. The molecule has 3 aromatic carbocycles. The topological polar surface area (TPSA) is 75.0 Å². The van der Waals surface area contributed by atoms with E-state index in [0.717, 1.165) is 28.3 Å². The lowest BCUT2D eigenvalue weighted by Crippen LogP contribution is -2.50. The summed E-state index contributed by atoms with van der Waals surface area (Å²) in [6.45, 7) is 18.1. The van der Waals surface area contributed by atoms with Crippen molar-refractivity contribution in [2.45, 2.75) is 90.8 Å². The van der Waals surface area contributed by atoms with Gasteiger partial charge in [-0.25, -0.2) is 0 Å². The number of hydrogen-bond acceptors (Lipinski definition) is 6. The molecule has 0 radical (unpaired) electrons. The number of rotatable bonds is 14. The quantitative estimate of drug-likeness (QED) is 0.140. The molecule has 4 aromatic rings. The van der Waals surface area contributed by atoms with Crippen molar-refractivity contribution in [3.05, 3.63) is 89.5 Å². The smallest absolute Gasteiger partial charge is 0.258 e. The number of aliphatic hydroxyl groups is 1. The molecule has 1 unspecified atom stereocenters. The summed E-state index contributed by atoms with van der Waals surface area (Å²) < 4.78 is 26.6. The molecular formula is C37H50N2O5Si. The molecule has 4 rings (SSSR count). The standard InChI is InChI=1S/C37H50N2O5Si/c1-24(2)39-35(29-16-18-30(41-9)19-17-29)34(37(38-39)43-23-28-14-12-11-13-15-28)36(40)32-21-20-31(22-33(32)42-10)44-45(25(3)4,26(5)6)27(7)8/h11-22,24-27,36,40H,23H2,1-10H3. The van der Waals surface area contributed by atoms with Crippen molar-refractivity contribution >= 4 is 8.32 Å². The molecule has 0 saturated carbocycles. The highest BCUT2D eigenvalue weighted by molar-refractivity contribution is 6.78. The van der Waals surface area contributed by atoms with Crippen LogP contribution < -0.4 is 18.6 Å². The van der Waals surface area contributed by atoms with Crippen LogP contribution in [0.1, 0.15) is 84.2 Å². The average Bonchev–Trinajstić information content (AvgIpc) is 3.42. The van der Waals surface area contributed by atoms with E-state index < -0.39 is 14.4 Å². The lowest BCUT2D eigenvalue weighted by Gasteiger charge is -2.42. The second kappa shape index (κ2) is 14.6. The predicted molar refractivity (Wildman–Crippen MR) is 184 cm³/mol. The number of benzene rings is 3. The fraction of sp³-hybridized carbons (Fsp3) is 0.432. The van der Waals surface area contributed by atoms with Gasteiger partial charge in [-0.15, -0.1) is 5.10 Å². The molecule has 0 aliphatic heterocycles. The van der Waals surface area contributed by atoms with Crippen molar-refractivity contribution < 1.29 is 23.7 Å². The van der Waals surface area contributed by atoms with Gasteiger partial charge in [-0.2, -0.15) is 0 Å². The van der Waals surface area contributed by atoms with Crippen LogP contribution in [0.15, 0.2) is 72.8 Å². The maximum Gasteiger partial charge on any atom is 0.258 e. The minimum atomic E-state index is -2.20. The van der Waals surface area contributed by atoms with Crippen LogP contribution in [0.2, 0.25) is 16.6 Å². The van der Waals surface area contributed by atoms with Crippen LogP contribution in [0, 0.1) is 0 Å². The SMILES string of the molecule is COc1ccc(-c2c(C(O)c3ccc(O[Si](C(C)C)(C(C)C)C(C)C)cc3OC)c(OCc3ccccc3)nn2C(C)C)cc1. The summed E-state index contributed by atoms with van der Waals surface area (Å²) in [5, 5.41) is 17.2. The van der Waals surface area contributed by atoms with Gasteiger partial charge in [0.1, 0.15) is 30.0 Å². The van der Waals surface area contributed by atoms with Gasteiger partial charge in [0.15, 0.2) is 0 Å². The van der Waals surface area contributed by atoms with Gasteiger partial charge < -0.3 is 23.7 Å². The van der Waals surface area contributed by atoms with E-state index in [2.05, 4.69) is 55.4 Å². The molecule has 0 saturated heterocycles.